The van der Waals surface area contributed by atoms with Gasteiger partial charge in [-0.3, -0.25) is 0 Å². The van der Waals surface area contributed by atoms with Crippen LogP contribution in [0.2, 0.25) is 5.02 Å². The van der Waals surface area contributed by atoms with E-state index in [-0.39, 0.29) is 6.79 Å². The normalized spacial score (nSPS) is 11.8. The summed E-state index contributed by atoms with van der Waals surface area (Å²) in [6, 6.07) is 7.20. The maximum Gasteiger partial charge on any atom is 0.231 e. The standard InChI is InChI=1S/C14H9ClN2O2/c15-11-7-9(4-5-10-3-1-2-6-17-10)13-14(12(11)16)19-8-18-13/h1-3,6-7H,8,16H2. The van der Waals surface area contributed by atoms with Gasteiger partial charge in [-0.15, -0.1) is 0 Å². The quantitative estimate of drug-likeness (QED) is 0.591. The highest BCUT2D eigenvalue weighted by Gasteiger charge is 2.22. The van der Waals surface area contributed by atoms with Crippen LogP contribution in [-0.2, 0) is 0 Å². The minimum absolute atomic E-state index is 0.123. The van der Waals surface area contributed by atoms with E-state index in [4.69, 9.17) is 26.8 Å². The molecule has 0 bridgehead atoms. The molecule has 0 fully saturated rings. The number of halogens is 1. The van der Waals surface area contributed by atoms with E-state index >= 15 is 0 Å². The van der Waals surface area contributed by atoms with Crippen LogP contribution in [0.5, 0.6) is 11.5 Å². The molecule has 2 aromatic rings. The molecule has 3 rings (SSSR count). The van der Waals surface area contributed by atoms with E-state index < -0.39 is 0 Å². The number of nitrogens with zero attached hydrogens (tertiary/aromatic N) is 1. The first-order valence-electron chi connectivity index (χ1n) is 5.56. The van der Waals surface area contributed by atoms with Crippen LogP contribution < -0.4 is 15.2 Å². The Balaban J connectivity index is 2.06. The lowest BCUT2D eigenvalue weighted by Gasteiger charge is -2.04. The van der Waals surface area contributed by atoms with E-state index in [0.717, 1.165) is 0 Å². The van der Waals surface area contributed by atoms with Crippen molar-refractivity contribution in [2.24, 2.45) is 0 Å². The zero-order valence-electron chi connectivity index (χ0n) is 9.81. The summed E-state index contributed by atoms with van der Waals surface area (Å²) in [6.45, 7) is 0.123. The molecular formula is C14H9ClN2O2. The van der Waals surface area contributed by atoms with Gasteiger partial charge in [-0.25, -0.2) is 4.98 Å². The Labute approximate surface area is 115 Å². The fourth-order valence-electron chi connectivity index (χ4n) is 1.72. The second-order valence-electron chi connectivity index (χ2n) is 3.85. The molecule has 4 nitrogen and oxygen atoms in total. The van der Waals surface area contributed by atoms with Crippen molar-refractivity contribution in [3.8, 4) is 23.3 Å². The molecular weight excluding hydrogens is 264 g/mol. The molecule has 0 amide bonds. The highest BCUT2D eigenvalue weighted by molar-refractivity contribution is 6.33. The topological polar surface area (TPSA) is 57.4 Å². The number of hydrogen-bond donors (Lipinski definition) is 1. The van der Waals surface area contributed by atoms with Gasteiger partial charge in [0.25, 0.3) is 0 Å². The van der Waals surface area contributed by atoms with E-state index in [9.17, 15) is 0 Å². The number of benzene rings is 1. The van der Waals surface area contributed by atoms with Crippen LogP contribution in [-0.4, -0.2) is 11.8 Å². The van der Waals surface area contributed by atoms with Crippen LogP contribution >= 0.6 is 11.6 Å². The molecule has 19 heavy (non-hydrogen) atoms. The number of nitrogen functional groups attached to an aromatic ring is 1. The van der Waals surface area contributed by atoms with E-state index in [1.54, 1.807) is 12.3 Å². The smallest absolute Gasteiger partial charge is 0.231 e. The third-order valence-corrected chi connectivity index (χ3v) is 2.93. The Kier molecular flexibility index (Phi) is 2.90. The number of hydrogen-bond acceptors (Lipinski definition) is 4. The number of anilines is 1. The largest absolute Gasteiger partial charge is 0.452 e. The molecule has 2 N–H and O–H groups in total. The fraction of sp³-hybridized carbons (Fsp3) is 0.0714. The van der Waals surface area contributed by atoms with Crippen LogP contribution in [0.3, 0.4) is 0 Å². The second-order valence-corrected chi connectivity index (χ2v) is 4.26. The second kappa shape index (κ2) is 4.71. The van der Waals surface area contributed by atoms with Gasteiger partial charge in [0.2, 0.25) is 6.79 Å². The Bertz CT molecular complexity index is 690. The summed E-state index contributed by atoms with van der Waals surface area (Å²) < 4.78 is 10.7. The van der Waals surface area contributed by atoms with Gasteiger partial charge in [-0.1, -0.05) is 23.6 Å². The van der Waals surface area contributed by atoms with Gasteiger partial charge in [0.15, 0.2) is 11.5 Å². The number of aromatic nitrogens is 1. The number of ether oxygens (including phenoxy) is 2. The lowest BCUT2D eigenvalue weighted by atomic mass is 10.1. The molecule has 1 aliphatic heterocycles. The molecule has 0 unspecified atom stereocenters. The van der Waals surface area contributed by atoms with Gasteiger partial charge >= 0.3 is 0 Å². The van der Waals surface area contributed by atoms with E-state index in [1.165, 1.54) is 0 Å². The predicted molar refractivity (Wildman–Crippen MR) is 72.2 cm³/mol. The fourth-order valence-corrected chi connectivity index (χ4v) is 1.91. The highest BCUT2D eigenvalue weighted by Crippen LogP contribution is 2.44. The molecule has 2 heterocycles. The average Bonchev–Trinajstić information content (AvgIpc) is 2.92. The Morgan fingerprint density at radius 3 is 2.84 bits per heavy atom. The summed E-state index contributed by atoms with van der Waals surface area (Å²) in [6.07, 6.45) is 1.68. The summed E-state index contributed by atoms with van der Waals surface area (Å²) >= 11 is 6.04. The van der Waals surface area contributed by atoms with Crippen LogP contribution in [0.4, 0.5) is 5.69 Å². The maximum absolute atomic E-state index is 6.04. The van der Waals surface area contributed by atoms with Gasteiger partial charge in [-0.2, -0.15) is 0 Å². The molecule has 5 heteroatoms. The van der Waals surface area contributed by atoms with Crippen LogP contribution in [0.15, 0.2) is 30.5 Å². The molecule has 0 spiro atoms. The first kappa shape index (κ1) is 11.7. The molecule has 0 saturated heterocycles. The average molecular weight is 273 g/mol. The Morgan fingerprint density at radius 2 is 2.05 bits per heavy atom. The third-order valence-electron chi connectivity index (χ3n) is 2.62. The van der Waals surface area contributed by atoms with Gasteiger partial charge in [-0.05, 0) is 24.1 Å². The van der Waals surface area contributed by atoms with Gasteiger partial charge in [0.05, 0.1) is 16.3 Å². The van der Waals surface area contributed by atoms with E-state index in [2.05, 4.69) is 16.8 Å². The number of nitrogens with two attached hydrogens (primary N) is 1. The Morgan fingerprint density at radius 1 is 1.21 bits per heavy atom. The van der Waals surface area contributed by atoms with Crippen molar-refractivity contribution in [1.29, 1.82) is 0 Å². The molecule has 0 aliphatic carbocycles. The van der Waals surface area contributed by atoms with Gasteiger partial charge in [0, 0.05) is 6.20 Å². The number of rotatable bonds is 0. The van der Waals surface area contributed by atoms with Crippen LogP contribution in [0.1, 0.15) is 11.3 Å². The molecule has 1 aromatic heterocycles. The SMILES string of the molecule is Nc1c(Cl)cc(C#Cc2ccccn2)c2c1OCO2. The highest BCUT2D eigenvalue weighted by atomic mass is 35.5. The molecule has 0 radical (unpaired) electrons. The summed E-state index contributed by atoms with van der Waals surface area (Å²) in [5, 5.41) is 0.398. The summed E-state index contributed by atoms with van der Waals surface area (Å²) in [7, 11) is 0. The van der Waals surface area contributed by atoms with E-state index in [0.29, 0.717) is 33.5 Å². The van der Waals surface area contributed by atoms with Gasteiger partial charge in [0.1, 0.15) is 5.69 Å². The van der Waals surface area contributed by atoms with Crippen molar-refractivity contribution in [3.05, 3.63) is 46.7 Å². The third kappa shape index (κ3) is 2.16. The van der Waals surface area contributed by atoms with Gasteiger partial charge < -0.3 is 15.2 Å². The van der Waals surface area contributed by atoms with Crippen molar-refractivity contribution in [2.45, 2.75) is 0 Å². The first-order chi connectivity index (χ1) is 9.25. The molecule has 1 aromatic carbocycles. The van der Waals surface area contributed by atoms with Crippen molar-refractivity contribution in [2.75, 3.05) is 12.5 Å². The molecule has 1 aliphatic rings. The van der Waals surface area contributed by atoms with E-state index in [1.807, 2.05) is 18.2 Å². The lowest BCUT2D eigenvalue weighted by molar-refractivity contribution is 0.174. The number of fused-ring (bicyclic) bond motifs is 1. The zero-order chi connectivity index (χ0) is 13.2. The van der Waals surface area contributed by atoms with Crippen LogP contribution in [0, 0.1) is 11.8 Å². The molecule has 0 saturated carbocycles. The summed E-state index contributed by atoms with van der Waals surface area (Å²) in [5.74, 6) is 6.90. The van der Waals surface area contributed by atoms with Crippen molar-refractivity contribution in [1.82, 2.24) is 4.98 Å². The van der Waals surface area contributed by atoms with Crippen molar-refractivity contribution < 1.29 is 9.47 Å². The minimum Gasteiger partial charge on any atom is -0.452 e. The molecule has 94 valence electrons. The summed E-state index contributed by atoms with van der Waals surface area (Å²) in [5.41, 5.74) is 7.49. The first-order valence-corrected chi connectivity index (χ1v) is 5.94. The van der Waals surface area contributed by atoms with Crippen LogP contribution in [0.25, 0.3) is 0 Å². The Hall–Kier alpha value is -2.38. The lowest BCUT2D eigenvalue weighted by Crippen LogP contribution is -1.94. The van der Waals surface area contributed by atoms with Crippen molar-refractivity contribution >= 4 is 17.3 Å². The predicted octanol–water partition coefficient (Wildman–Crippen LogP) is 2.45. The summed E-state index contributed by atoms with van der Waals surface area (Å²) in [4.78, 5) is 4.12. The van der Waals surface area contributed by atoms with Crippen molar-refractivity contribution in [3.63, 3.8) is 0 Å². The zero-order valence-corrected chi connectivity index (χ0v) is 10.6. The molecule has 0 atom stereocenters. The number of pyridine rings is 1. The minimum atomic E-state index is 0.123. The monoisotopic (exact) mass is 272 g/mol. The maximum atomic E-state index is 6.04.